The zero-order valence-electron chi connectivity index (χ0n) is 13.7. The van der Waals surface area contributed by atoms with Gasteiger partial charge in [0.15, 0.2) is 0 Å². The predicted octanol–water partition coefficient (Wildman–Crippen LogP) is 4.52. The Kier molecular flexibility index (Phi) is 5.09. The van der Waals surface area contributed by atoms with Gasteiger partial charge in [0.2, 0.25) is 0 Å². The van der Waals surface area contributed by atoms with Crippen LogP contribution in [0.5, 0.6) is 5.75 Å². The van der Waals surface area contributed by atoms with Crippen LogP contribution in [-0.4, -0.2) is 17.7 Å². The molecule has 0 aliphatic heterocycles. The molecule has 128 valence electrons. The Morgan fingerprint density at radius 2 is 2.08 bits per heavy atom. The zero-order valence-corrected chi connectivity index (χ0v) is 13.7. The highest BCUT2D eigenvalue weighted by Crippen LogP contribution is 2.23. The van der Waals surface area contributed by atoms with Crippen LogP contribution < -0.4 is 10.1 Å². The molecule has 1 amide bonds. The van der Waals surface area contributed by atoms with Crippen LogP contribution in [0.2, 0.25) is 0 Å². The molecule has 0 radical (unpaired) electrons. The number of carbonyl (C=O) groups excluding carboxylic acids is 1. The van der Waals surface area contributed by atoms with Crippen molar-refractivity contribution in [2.24, 2.45) is 0 Å². The van der Waals surface area contributed by atoms with Crippen LogP contribution in [0.4, 0.5) is 14.9 Å². The maximum atomic E-state index is 13.8. The van der Waals surface area contributed by atoms with Crippen molar-refractivity contribution < 1.29 is 18.7 Å². The minimum Gasteiger partial charge on any atom is -0.489 e. The summed E-state index contributed by atoms with van der Waals surface area (Å²) >= 11 is 0. The molecule has 1 N–H and O–H groups in total. The molecule has 1 aromatic heterocycles. The van der Waals surface area contributed by atoms with Gasteiger partial charge in [-0.1, -0.05) is 12.1 Å². The van der Waals surface area contributed by atoms with Crippen molar-refractivity contribution in [3.05, 3.63) is 66.1 Å². The number of amides is 1. The molecule has 0 bridgehead atoms. The van der Waals surface area contributed by atoms with Crippen LogP contribution in [0, 0.1) is 5.82 Å². The van der Waals surface area contributed by atoms with Gasteiger partial charge >= 0.3 is 6.09 Å². The molecule has 0 aliphatic carbocycles. The van der Waals surface area contributed by atoms with Crippen molar-refractivity contribution in [2.45, 2.75) is 13.5 Å². The molecule has 0 atom stereocenters. The fourth-order valence-corrected chi connectivity index (χ4v) is 2.42. The van der Waals surface area contributed by atoms with E-state index in [1.807, 2.05) is 0 Å². The minimum absolute atomic E-state index is 0.233. The molecular weight excluding hydrogens is 323 g/mol. The average molecular weight is 340 g/mol. The Labute approximate surface area is 144 Å². The summed E-state index contributed by atoms with van der Waals surface area (Å²) in [4.78, 5) is 15.7. The summed E-state index contributed by atoms with van der Waals surface area (Å²) in [6, 6.07) is 13.4. The number of carbonyl (C=O) groups is 1. The quantitative estimate of drug-likeness (QED) is 0.742. The van der Waals surface area contributed by atoms with Crippen LogP contribution in [0.1, 0.15) is 12.5 Å². The van der Waals surface area contributed by atoms with E-state index in [-0.39, 0.29) is 12.4 Å². The van der Waals surface area contributed by atoms with Crippen LogP contribution >= 0.6 is 0 Å². The first-order valence-electron chi connectivity index (χ1n) is 7.86. The maximum Gasteiger partial charge on any atom is 0.411 e. The molecule has 0 aliphatic rings. The number of fused-ring (bicyclic) bond motifs is 1. The highest BCUT2D eigenvalue weighted by atomic mass is 19.1. The number of aromatic nitrogens is 1. The third-order valence-corrected chi connectivity index (χ3v) is 3.55. The van der Waals surface area contributed by atoms with Gasteiger partial charge in [0.05, 0.1) is 12.1 Å². The predicted molar refractivity (Wildman–Crippen MR) is 93.1 cm³/mol. The molecule has 1 heterocycles. The van der Waals surface area contributed by atoms with Crippen molar-refractivity contribution in [1.29, 1.82) is 0 Å². The van der Waals surface area contributed by atoms with E-state index in [0.717, 1.165) is 5.56 Å². The van der Waals surface area contributed by atoms with Crippen molar-refractivity contribution >= 4 is 22.7 Å². The van der Waals surface area contributed by atoms with Gasteiger partial charge in [0.25, 0.3) is 0 Å². The zero-order chi connectivity index (χ0) is 17.6. The van der Waals surface area contributed by atoms with Crippen LogP contribution in [0.25, 0.3) is 10.9 Å². The highest BCUT2D eigenvalue weighted by Gasteiger charge is 2.08. The summed E-state index contributed by atoms with van der Waals surface area (Å²) in [6.07, 6.45) is 1.10. The van der Waals surface area contributed by atoms with E-state index in [9.17, 15) is 9.18 Å². The normalized spacial score (nSPS) is 10.5. The Morgan fingerprint density at radius 1 is 1.20 bits per heavy atom. The highest BCUT2D eigenvalue weighted by molar-refractivity contribution is 5.85. The lowest BCUT2D eigenvalue weighted by Crippen LogP contribution is -2.13. The number of hydrogen-bond acceptors (Lipinski definition) is 4. The number of nitrogens with one attached hydrogen (secondary N) is 1. The van der Waals surface area contributed by atoms with Crippen LogP contribution in [-0.2, 0) is 11.3 Å². The second-order valence-corrected chi connectivity index (χ2v) is 5.27. The SMILES string of the molecule is CCOC(=O)Nc1cccc(OCc2ccc(F)c3cccnc23)c1. The van der Waals surface area contributed by atoms with Gasteiger partial charge in [0.1, 0.15) is 18.2 Å². The summed E-state index contributed by atoms with van der Waals surface area (Å²) in [5.41, 5.74) is 1.92. The molecule has 0 saturated carbocycles. The molecular formula is C19H17FN2O3. The minimum atomic E-state index is -0.520. The molecule has 0 unspecified atom stereocenters. The first kappa shape index (κ1) is 16.7. The van der Waals surface area contributed by atoms with E-state index in [1.54, 1.807) is 55.6 Å². The Hall–Kier alpha value is -3.15. The molecule has 6 heteroatoms. The lowest BCUT2D eigenvalue weighted by atomic mass is 10.1. The van der Waals surface area contributed by atoms with E-state index in [4.69, 9.17) is 9.47 Å². The number of anilines is 1. The maximum absolute atomic E-state index is 13.8. The number of pyridine rings is 1. The lowest BCUT2D eigenvalue weighted by molar-refractivity contribution is 0.168. The van der Waals surface area contributed by atoms with Crippen LogP contribution in [0.3, 0.4) is 0 Å². The molecule has 0 fully saturated rings. The standard InChI is InChI=1S/C19H17FN2O3/c1-2-24-19(23)22-14-5-3-6-15(11-14)25-12-13-8-9-17(20)16-7-4-10-21-18(13)16/h3-11H,2,12H2,1H3,(H,22,23). The van der Waals surface area contributed by atoms with Gasteiger partial charge in [0, 0.05) is 28.9 Å². The molecule has 0 spiro atoms. The fraction of sp³-hybridized carbons (Fsp3) is 0.158. The van der Waals surface area contributed by atoms with Crippen molar-refractivity contribution in [2.75, 3.05) is 11.9 Å². The number of rotatable bonds is 5. The summed E-state index contributed by atoms with van der Waals surface area (Å²) in [5, 5.41) is 3.07. The summed E-state index contributed by atoms with van der Waals surface area (Å²) in [7, 11) is 0. The van der Waals surface area contributed by atoms with Gasteiger partial charge in [-0.15, -0.1) is 0 Å². The van der Waals surface area contributed by atoms with Gasteiger partial charge in [-0.25, -0.2) is 9.18 Å². The number of ether oxygens (including phenoxy) is 2. The van der Waals surface area contributed by atoms with Crippen molar-refractivity contribution in [1.82, 2.24) is 4.98 Å². The molecule has 5 nitrogen and oxygen atoms in total. The van der Waals surface area contributed by atoms with Gasteiger partial charge < -0.3 is 9.47 Å². The summed E-state index contributed by atoms with van der Waals surface area (Å²) in [5.74, 6) is 0.259. The number of benzene rings is 2. The largest absolute Gasteiger partial charge is 0.489 e. The smallest absolute Gasteiger partial charge is 0.411 e. The summed E-state index contributed by atoms with van der Waals surface area (Å²) < 4.78 is 24.4. The van der Waals surface area contributed by atoms with E-state index >= 15 is 0 Å². The topological polar surface area (TPSA) is 60.5 Å². The Morgan fingerprint density at radius 3 is 2.92 bits per heavy atom. The fourth-order valence-electron chi connectivity index (χ4n) is 2.42. The average Bonchev–Trinajstić information content (AvgIpc) is 2.62. The number of hydrogen-bond donors (Lipinski definition) is 1. The van der Waals surface area contributed by atoms with E-state index in [1.165, 1.54) is 6.07 Å². The van der Waals surface area contributed by atoms with Gasteiger partial charge in [-0.05, 0) is 37.3 Å². The molecule has 3 aromatic rings. The van der Waals surface area contributed by atoms with E-state index < -0.39 is 6.09 Å². The van der Waals surface area contributed by atoms with E-state index in [2.05, 4.69) is 10.3 Å². The second-order valence-electron chi connectivity index (χ2n) is 5.27. The number of nitrogens with zero attached hydrogens (tertiary/aromatic N) is 1. The third kappa shape index (κ3) is 4.03. The van der Waals surface area contributed by atoms with Gasteiger partial charge in [-0.2, -0.15) is 0 Å². The van der Waals surface area contributed by atoms with Crippen molar-refractivity contribution in [3.63, 3.8) is 0 Å². The first-order valence-corrected chi connectivity index (χ1v) is 7.86. The Balaban J connectivity index is 1.74. The third-order valence-electron chi connectivity index (χ3n) is 3.55. The second kappa shape index (κ2) is 7.61. The Bertz CT molecular complexity index is 899. The molecule has 0 saturated heterocycles. The monoisotopic (exact) mass is 340 g/mol. The van der Waals surface area contributed by atoms with E-state index in [0.29, 0.717) is 28.9 Å². The van der Waals surface area contributed by atoms with Crippen LogP contribution in [0.15, 0.2) is 54.7 Å². The molecule has 3 rings (SSSR count). The number of halogens is 1. The first-order chi connectivity index (χ1) is 12.2. The molecule has 2 aromatic carbocycles. The van der Waals surface area contributed by atoms with Crippen molar-refractivity contribution in [3.8, 4) is 5.75 Å². The lowest BCUT2D eigenvalue weighted by Gasteiger charge is -2.11. The van der Waals surface area contributed by atoms with Gasteiger partial charge in [-0.3, -0.25) is 10.3 Å². The molecule has 25 heavy (non-hydrogen) atoms. The summed E-state index contributed by atoms with van der Waals surface area (Å²) in [6.45, 7) is 2.27.